The van der Waals surface area contributed by atoms with Crippen LogP contribution in [0.5, 0.6) is 0 Å². The van der Waals surface area contributed by atoms with E-state index >= 15 is 0 Å². The van der Waals surface area contributed by atoms with Gasteiger partial charge >= 0.3 is 0 Å². The van der Waals surface area contributed by atoms with Crippen LogP contribution in [-0.4, -0.2) is 9.97 Å². The summed E-state index contributed by atoms with van der Waals surface area (Å²) < 4.78 is 0. The molecule has 0 spiro atoms. The molecule has 1 N–H and O–H groups in total. The third-order valence-electron chi connectivity index (χ3n) is 1.22. The van der Waals surface area contributed by atoms with Crippen LogP contribution in [0, 0.1) is 0 Å². The number of aromatic nitrogens is 2. The molecule has 2 aliphatic heterocycles. The Morgan fingerprint density at radius 1 is 1.56 bits per heavy atom. The maximum Gasteiger partial charge on any atom is 0.0923 e. The zero-order valence-corrected chi connectivity index (χ0v) is 5.60. The minimum atomic E-state index is 1.19. The molecule has 0 aliphatic carbocycles. The molecule has 3 heteroatoms. The van der Waals surface area contributed by atoms with Crippen LogP contribution in [0.25, 0.3) is 11.0 Å². The van der Waals surface area contributed by atoms with Crippen LogP contribution < -0.4 is 0 Å². The molecule has 0 saturated carbocycles. The van der Waals surface area contributed by atoms with Gasteiger partial charge in [-0.3, -0.25) is 0 Å². The van der Waals surface area contributed by atoms with Crippen molar-refractivity contribution in [2.75, 3.05) is 0 Å². The van der Waals surface area contributed by atoms with Crippen LogP contribution in [0.1, 0.15) is 0 Å². The Morgan fingerprint density at radius 2 is 2.56 bits per heavy atom. The molecule has 0 unspecified atom stereocenters. The SMILES string of the molecule is c1ncc2pccc-2[nH]1. The highest BCUT2D eigenvalue weighted by Crippen LogP contribution is 2.27. The monoisotopic (exact) mass is 136 g/mol. The highest BCUT2D eigenvalue weighted by molar-refractivity contribution is 7.33. The number of nitrogens with zero attached hydrogens (tertiary/aromatic N) is 1. The van der Waals surface area contributed by atoms with Gasteiger partial charge in [0.2, 0.25) is 0 Å². The molecule has 0 atom stereocenters. The van der Waals surface area contributed by atoms with Gasteiger partial charge in [0.05, 0.1) is 12.0 Å². The minimum absolute atomic E-state index is 1.19. The summed E-state index contributed by atoms with van der Waals surface area (Å²) in [4.78, 5) is 7.00. The lowest BCUT2D eigenvalue weighted by molar-refractivity contribution is 1.18. The Morgan fingerprint density at radius 3 is 3.44 bits per heavy atom. The Labute approximate surface area is 54.4 Å². The molecular weight excluding hydrogens is 131 g/mol. The summed E-state index contributed by atoms with van der Waals surface area (Å²) in [6, 6.07) is 2.07. The molecule has 2 nitrogen and oxygen atoms in total. The molecule has 2 heterocycles. The number of hydrogen-bond acceptors (Lipinski definition) is 1. The molecule has 0 fully saturated rings. The van der Waals surface area contributed by atoms with Crippen molar-refractivity contribution in [3.63, 3.8) is 0 Å². The van der Waals surface area contributed by atoms with E-state index < -0.39 is 0 Å². The van der Waals surface area contributed by atoms with Crippen molar-refractivity contribution in [1.29, 1.82) is 0 Å². The third-order valence-corrected chi connectivity index (χ3v) is 2.15. The van der Waals surface area contributed by atoms with Crippen LogP contribution in [-0.2, 0) is 0 Å². The summed E-state index contributed by atoms with van der Waals surface area (Å²) in [5, 5.41) is 1.26. The second kappa shape index (κ2) is 1.82. The fourth-order valence-corrected chi connectivity index (χ4v) is 1.58. The van der Waals surface area contributed by atoms with Crippen molar-refractivity contribution in [2.45, 2.75) is 0 Å². The Hall–Kier alpha value is -0.880. The molecule has 0 bridgehead atoms. The lowest BCUT2D eigenvalue weighted by Gasteiger charge is -1.92. The maximum absolute atomic E-state index is 3.95. The zero-order valence-electron chi connectivity index (χ0n) is 4.70. The summed E-state index contributed by atoms with van der Waals surface area (Å²) in [6.45, 7) is 0. The first-order valence-electron chi connectivity index (χ1n) is 2.70. The normalized spacial score (nSPS) is 11.1. The largest absolute Gasteiger partial charge is 0.346 e. The molecule has 0 amide bonds. The summed E-state index contributed by atoms with van der Waals surface area (Å²) in [5.41, 5.74) is 1.19. The molecule has 44 valence electrons. The second-order valence-corrected chi connectivity index (χ2v) is 2.83. The van der Waals surface area contributed by atoms with Gasteiger partial charge in [0.15, 0.2) is 0 Å². The Balaban J connectivity index is 2.79. The van der Waals surface area contributed by atoms with E-state index in [1.807, 2.05) is 6.20 Å². The summed E-state index contributed by atoms with van der Waals surface area (Å²) >= 11 is 0. The summed E-state index contributed by atoms with van der Waals surface area (Å²) in [6.07, 6.45) is 3.58. The van der Waals surface area contributed by atoms with Crippen molar-refractivity contribution < 1.29 is 0 Å². The molecular formula is C6H5N2P. The topological polar surface area (TPSA) is 28.7 Å². The highest BCUT2D eigenvalue weighted by Gasteiger charge is 1.97. The van der Waals surface area contributed by atoms with Gasteiger partial charge in [-0.05, 0) is 11.9 Å². The van der Waals surface area contributed by atoms with Gasteiger partial charge in [0.1, 0.15) is 0 Å². The van der Waals surface area contributed by atoms with E-state index in [0.29, 0.717) is 0 Å². The number of H-pyrrole nitrogens is 1. The number of nitrogens with one attached hydrogen (secondary N) is 1. The first-order chi connectivity index (χ1) is 4.47. The van der Waals surface area contributed by atoms with Gasteiger partial charge in [-0.25, -0.2) is 4.98 Å². The zero-order chi connectivity index (χ0) is 6.10. The van der Waals surface area contributed by atoms with E-state index in [2.05, 4.69) is 21.8 Å². The molecule has 9 heavy (non-hydrogen) atoms. The predicted molar refractivity (Wildman–Crippen MR) is 37.7 cm³/mol. The van der Waals surface area contributed by atoms with Crippen molar-refractivity contribution in [2.24, 2.45) is 0 Å². The molecule has 2 aliphatic rings. The second-order valence-electron chi connectivity index (χ2n) is 1.80. The van der Waals surface area contributed by atoms with Crippen molar-refractivity contribution in [3.05, 3.63) is 24.4 Å². The summed E-state index contributed by atoms with van der Waals surface area (Å²) in [7, 11) is 1.25. The van der Waals surface area contributed by atoms with Gasteiger partial charge in [0, 0.05) is 11.5 Å². The lowest BCUT2D eigenvalue weighted by Crippen LogP contribution is -1.78. The fraction of sp³-hybridized carbons (Fsp3) is 0. The number of fused-ring (bicyclic) bond motifs is 1. The molecule has 0 aromatic heterocycles. The van der Waals surface area contributed by atoms with E-state index in [-0.39, 0.29) is 0 Å². The molecule has 2 rings (SSSR count). The van der Waals surface area contributed by atoms with Crippen molar-refractivity contribution >= 4 is 8.19 Å². The first-order valence-corrected chi connectivity index (χ1v) is 3.66. The van der Waals surface area contributed by atoms with Gasteiger partial charge in [-0.1, -0.05) is 8.19 Å². The molecule has 0 saturated heterocycles. The van der Waals surface area contributed by atoms with Gasteiger partial charge < -0.3 is 4.98 Å². The van der Waals surface area contributed by atoms with Gasteiger partial charge in [-0.2, -0.15) is 0 Å². The van der Waals surface area contributed by atoms with E-state index in [9.17, 15) is 0 Å². The van der Waals surface area contributed by atoms with Crippen molar-refractivity contribution in [1.82, 2.24) is 9.97 Å². The number of aromatic amines is 1. The van der Waals surface area contributed by atoms with Crippen molar-refractivity contribution in [3.8, 4) is 11.0 Å². The highest BCUT2D eigenvalue weighted by atomic mass is 31.0. The Bertz CT molecular complexity index is 251. The quantitative estimate of drug-likeness (QED) is 0.590. The fourth-order valence-electron chi connectivity index (χ4n) is 0.787. The van der Waals surface area contributed by atoms with E-state index in [0.717, 1.165) is 0 Å². The van der Waals surface area contributed by atoms with E-state index in [1.54, 1.807) is 6.33 Å². The molecule has 0 aromatic rings. The molecule has 0 radical (unpaired) electrons. The average molecular weight is 136 g/mol. The number of hydrogen-bond donors (Lipinski definition) is 1. The standard InChI is InChI=1S/C6H5N2P/c1-2-9-6-3-7-4-8-5(1)6/h1-4H,(H,7,8). The third kappa shape index (κ3) is 0.718. The van der Waals surface area contributed by atoms with E-state index in [4.69, 9.17) is 0 Å². The first kappa shape index (κ1) is 4.95. The number of rotatable bonds is 0. The van der Waals surface area contributed by atoms with Gasteiger partial charge in [-0.15, -0.1) is 0 Å². The van der Waals surface area contributed by atoms with Crippen LogP contribution in [0.15, 0.2) is 24.4 Å². The lowest BCUT2D eigenvalue weighted by atomic mass is 10.4. The van der Waals surface area contributed by atoms with Crippen LogP contribution in [0.3, 0.4) is 0 Å². The Kier molecular flexibility index (Phi) is 0.998. The van der Waals surface area contributed by atoms with Crippen LogP contribution in [0.4, 0.5) is 0 Å². The summed E-state index contributed by atoms with van der Waals surface area (Å²) in [5.74, 6) is 2.10. The van der Waals surface area contributed by atoms with E-state index in [1.165, 1.54) is 19.2 Å². The van der Waals surface area contributed by atoms with Crippen LogP contribution in [0.2, 0.25) is 0 Å². The average Bonchev–Trinajstić information content (AvgIpc) is 2.33. The minimum Gasteiger partial charge on any atom is -0.346 e. The smallest absolute Gasteiger partial charge is 0.0923 e. The molecule has 0 aromatic carbocycles. The maximum atomic E-state index is 3.95. The van der Waals surface area contributed by atoms with Crippen LogP contribution >= 0.6 is 8.19 Å². The predicted octanol–water partition coefficient (Wildman–Crippen LogP) is 2.09. The van der Waals surface area contributed by atoms with Gasteiger partial charge in [0.25, 0.3) is 0 Å².